The highest BCUT2D eigenvalue weighted by Gasteiger charge is 2.01. The van der Waals surface area contributed by atoms with E-state index in [9.17, 15) is 9.59 Å². The molecule has 0 unspecified atom stereocenters. The minimum absolute atomic E-state index is 0.277. The molecule has 0 bridgehead atoms. The first-order chi connectivity index (χ1) is 12.6. The zero-order chi connectivity index (χ0) is 19.5. The van der Waals surface area contributed by atoms with Gasteiger partial charge in [-0.15, -0.1) is 0 Å². The molecule has 4 nitrogen and oxygen atoms in total. The van der Waals surface area contributed by atoms with E-state index >= 15 is 0 Å². The van der Waals surface area contributed by atoms with E-state index in [-0.39, 0.29) is 11.9 Å². The van der Waals surface area contributed by atoms with Crippen molar-refractivity contribution in [2.45, 2.75) is 90.4 Å². The van der Waals surface area contributed by atoms with Crippen LogP contribution in [0.15, 0.2) is 24.8 Å². The van der Waals surface area contributed by atoms with Crippen LogP contribution in [0.1, 0.15) is 90.4 Å². The Morgan fingerprint density at radius 1 is 0.692 bits per heavy atom. The third kappa shape index (κ3) is 17.2. The van der Waals surface area contributed by atoms with Gasteiger partial charge in [0.05, 0.1) is 13.2 Å². The molecule has 0 heterocycles. The molecule has 0 fully saturated rings. The monoisotopic (exact) mass is 366 g/mol. The number of esters is 2. The smallest absolute Gasteiger partial charge is 0.333 e. The molecular formula is C22H38O4. The molecule has 26 heavy (non-hydrogen) atoms. The van der Waals surface area contributed by atoms with Crippen molar-refractivity contribution in [2.24, 2.45) is 0 Å². The average molecular weight is 367 g/mol. The lowest BCUT2D eigenvalue weighted by molar-refractivity contribution is -0.139. The summed E-state index contributed by atoms with van der Waals surface area (Å²) in [5.41, 5.74) is 0.471. The fraction of sp³-hybridized carbons (Fsp3) is 0.727. The molecule has 0 saturated carbocycles. The van der Waals surface area contributed by atoms with Gasteiger partial charge in [-0.1, -0.05) is 83.8 Å². The summed E-state index contributed by atoms with van der Waals surface area (Å²) >= 11 is 0. The zero-order valence-corrected chi connectivity index (χ0v) is 16.7. The largest absolute Gasteiger partial charge is 0.463 e. The Balaban J connectivity index is 3.11. The Hall–Kier alpha value is -1.58. The molecule has 0 radical (unpaired) electrons. The molecule has 4 heteroatoms. The molecule has 0 aliphatic rings. The second-order valence-electron chi connectivity index (χ2n) is 6.88. The number of carbonyl (C=O) groups is 2. The molecule has 0 aliphatic heterocycles. The van der Waals surface area contributed by atoms with E-state index in [0.29, 0.717) is 18.8 Å². The van der Waals surface area contributed by atoms with Gasteiger partial charge in [-0.05, 0) is 19.8 Å². The first-order valence-electron chi connectivity index (χ1n) is 10.2. The van der Waals surface area contributed by atoms with Crippen molar-refractivity contribution in [1.82, 2.24) is 0 Å². The topological polar surface area (TPSA) is 52.6 Å². The summed E-state index contributed by atoms with van der Waals surface area (Å²) in [4.78, 5) is 22.0. The minimum Gasteiger partial charge on any atom is -0.463 e. The number of unbranched alkanes of at least 4 members (excludes halogenated alkanes) is 12. The molecule has 150 valence electrons. The first-order valence-corrected chi connectivity index (χ1v) is 10.2. The van der Waals surface area contributed by atoms with E-state index in [1.54, 1.807) is 6.92 Å². The van der Waals surface area contributed by atoms with E-state index in [1.807, 2.05) is 0 Å². The van der Waals surface area contributed by atoms with Gasteiger partial charge in [-0.25, -0.2) is 9.59 Å². The molecule has 0 atom stereocenters. The van der Waals surface area contributed by atoms with Crippen LogP contribution in [0.2, 0.25) is 0 Å². The van der Waals surface area contributed by atoms with Gasteiger partial charge < -0.3 is 9.47 Å². The van der Waals surface area contributed by atoms with Crippen molar-refractivity contribution >= 4 is 11.9 Å². The summed E-state index contributed by atoms with van der Waals surface area (Å²) in [6.45, 7) is 9.64. The zero-order valence-electron chi connectivity index (χ0n) is 16.7. The van der Waals surface area contributed by atoms with Gasteiger partial charge in [0.2, 0.25) is 0 Å². The summed E-state index contributed by atoms with van der Waals surface area (Å²) in [6.07, 6.45) is 17.0. The van der Waals surface area contributed by atoms with Crippen molar-refractivity contribution < 1.29 is 19.1 Å². The summed E-state index contributed by atoms with van der Waals surface area (Å²) < 4.78 is 10.0. The maximum atomic E-state index is 11.2. The predicted octanol–water partition coefficient (Wildman–Crippen LogP) is 5.91. The third-order valence-corrected chi connectivity index (χ3v) is 4.28. The number of hydrogen-bond donors (Lipinski definition) is 0. The molecule has 0 spiro atoms. The predicted molar refractivity (Wildman–Crippen MR) is 107 cm³/mol. The highest BCUT2D eigenvalue weighted by atomic mass is 16.5. The summed E-state index contributed by atoms with van der Waals surface area (Å²) in [6, 6.07) is 0. The highest BCUT2D eigenvalue weighted by Crippen LogP contribution is 2.12. The number of ether oxygens (including phenoxy) is 2. The molecular weight excluding hydrogens is 328 g/mol. The summed E-state index contributed by atoms with van der Waals surface area (Å²) in [5, 5.41) is 0. The fourth-order valence-electron chi connectivity index (χ4n) is 2.67. The van der Waals surface area contributed by atoms with Gasteiger partial charge in [-0.3, -0.25) is 0 Å². The van der Waals surface area contributed by atoms with Crippen LogP contribution in [0, 0.1) is 0 Å². The van der Waals surface area contributed by atoms with Crippen LogP contribution in [0.3, 0.4) is 0 Å². The maximum absolute atomic E-state index is 11.2. The average Bonchev–Trinajstić information content (AvgIpc) is 2.63. The lowest BCUT2D eigenvalue weighted by Gasteiger charge is -2.05. The van der Waals surface area contributed by atoms with Crippen LogP contribution in [0.4, 0.5) is 0 Å². The molecule has 0 aromatic heterocycles. The second kappa shape index (κ2) is 18.2. The van der Waals surface area contributed by atoms with E-state index in [2.05, 4.69) is 13.2 Å². The molecule has 0 aliphatic carbocycles. The first kappa shape index (κ1) is 24.4. The van der Waals surface area contributed by atoms with E-state index in [1.165, 1.54) is 63.9 Å². The fourth-order valence-corrected chi connectivity index (χ4v) is 2.67. The van der Waals surface area contributed by atoms with Crippen LogP contribution in [-0.4, -0.2) is 25.2 Å². The Morgan fingerprint density at radius 2 is 1.04 bits per heavy atom. The van der Waals surface area contributed by atoms with Gasteiger partial charge in [0.25, 0.3) is 0 Å². The third-order valence-electron chi connectivity index (χ3n) is 4.28. The molecule has 0 aromatic carbocycles. The van der Waals surface area contributed by atoms with Crippen LogP contribution in [0.5, 0.6) is 0 Å². The van der Waals surface area contributed by atoms with Crippen molar-refractivity contribution in [2.75, 3.05) is 13.2 Å². The standard InChI is InChI=1S/C22H38O4/c1-4-21(23)25-18-16-14-12-10-8-6-5-7-9-11-13-15-17-19-26-22(24)20(2)3/h4H,1-2,5-19H2,3H3. The molecule has 0 amide bonds. The van der Waals surface area contributed by atoms with Crippen molar-refractivity contribution in [1.29, 1.82) is 0 Å². The summed E-state index contributed by atoms with van der Waals surface area (Å²) in [7, 11) is 0. The van der Waals surface area contributed by atoms with Gasteiger partial charge >= 0.3 is 11.9 Å². The highest BCUT2D eigenvalue weighted by molar-refractivity contribution is 5.86. The lowest BCUT2D eigenvalue weighted by atomic mass is 10.0. The normalized spacial score (nSPS) is 10.3. The quantitative estimate of drug-likeness (QED) is 0.172. The van der Waals surface area contributed by atoms with E-state index in [0.717, 1.165) is 25.7 Å². The number of rotatable bonds is 18. The van der Waals surface area contributed by atoms with Crippen LogP contribution >= 0.6 is 0 Å². The van der Waals surface area contributed by atoms with Gasteiger partial charge in [-0.2, -0.15) is 0 Å². The Labute approximate surface area is 160 Å². The van der Waals surface area contributed by atoms with Crippen molar-refractivity contribution in [3.8, 4) is 0 Å². The van der Waals surface area contributed by atoms with E-state index < -0.39 is 0 Å². The SMILES string of the molecule is C=CC(=O)OCCCCCCCCCCCCCCCOC(=O)C(=C)C. The van der Waals surface area contributed by atoms with Gasteiger partial charge in [0.15, 0.2) is 0 Å². The molecule has 0 rings (SSSR count). The molecule has 0 saturated heterocycles. The summed E-state index contributed by atoms with van der Waals surface area (Å²) in [5.74, 6) is -0.600. The Bertz CT molecular complexity index is 401. The van der Waals surface area contributed by atoms with E-state index in [4.69, 9.17) is 9.47 Å². The second-order valence-corrected chi connectivity index (χ2v) is 6.88. The van der Waals surface area contributed by atoms with Crippen molar-refractivity contribution in [3.63, 3.8) is 0 Å². The Morgan fingerprint density at radius 3 is 1.38 bits per heavy atom. The van der Waals surface area contributed by atoms with Gasteiger partial charge in [0.1, 0.15) is 0 Å². The molecule has 0 aromatic rings. The van der Waals surface area contributed by atoms with Crippen LogP contribution in [0.25, 0.3) is 0 Å². The van der Waals surface area contributed by atoms with Gasteiger partial charge in [0, 0.05) is 11.6 Å². The Kier molecular flexibility index (Phi) is 17.1. The minimum atomic E-state index is -0.323. The number of carbonyl (C=O) groups excluding carboxylic acids is 2. The lowest BCUT2D eigenvalue weighted by Crippen LogP contribution is -2.05. The van der Waals surface area contributed by atoms with Crippen LogP contribution < -0.4 is 0 Å². The maximum Gasteiger partial charge on any atom is 0.333 e. The molecule has 0 N–H and O–H groups in total. The number of hydrogen-bond acceptors (Lipinski definition) is 4. The van der Waals surface area contributed by atoms with Crippen molar-refractivity contribution in [3.05, 3.63) is 24.8 Å². The van der Waals surface area contributed by atoms with Crippen LogP contribution in [-0.2, 0) is 19.1 Å².